The highest BCUT2D eigenvalue weighted by atomic mass is 16.5. The van der Waals surface area contributed by atoms with E-state index in [4.69, 9.17) is 19.5 Å². The third-order valence-corrected chi connectivity index (χ3v) is 2.88. The van der Waals surface area contributed by atoms with E-state index in [1.807, 2.05) is 13.8 Å². The van der Waals surface area contributed by atoms with Crippen molar-refractivity contribution >= 4 is 0 Å². The number of hydrogen-bond donors (Lipinski definition) is 0. The first-order chi connectivity index (χ1) is 9.07. The van der Waals surface area contributed by atoms with Crippen LogP contribution in [0, 0.1) is 11.3 Å². The van der Waals surface area contributed by atoms with E-state index in [2.05, 4.69) is 6.07 Å². The summed E-state index contributed by atoms with van der Waals surface area (Å²) >= 11 is 0. The lowest BCUT2D eigenvalue weighted by molar-refractivity contribution is -0.0128. The summed E-state index contributed by atoms with van der Waals surface area (Å²) in [6.45, 7) is 5.75. The van der Waals surface area contributed by atoms with Crippen LogP contribution in [0.2, 0.25) is 0 Å². The molecule has 0 unspecified atom stereocenters. The van der Waals surface area contributed by atoms with E-state index in [9.17, 15) is 0 Å². The van der Waals surface area contributed by atoms with Gasteiger partial charge in [0.05, 0.1) is 23.8 Å². The molecule has 0 heterocycles. The highest BCUT2D eigenvalue weighted by Gasteiger charge is 2.15. The molecule has 1 aromatic rings. The van der Waals surface area contributed by atoms with Crippen molar-refractivity contribution in [1.82, 2.24) is 0 Å². The molecule has 1 rings (SSSR count). The molecule has 0 radical (unpaired) electrons. The van der Waals surface area contributed by atoms with Crippen molar-refractivity contribution in [2.24, 2.45) is 0 Å². The van der Waals surface area contributed by atoms with Crippen LogP contribution < -0.4 is 4.74 Å². The number of nitrogens with zero attached hydrogens (tertiary/aromatic N) is 1. The lowest BCUT2D eigenvalue weighted by Crippen LogP contribution is -2.24. The van der Waals surface area contributed by atoms with Crippen molar-refractivity contribution < 1.29 is 14.2 Å². The standard InChI is InChI=1S/C15H21NO3/c1-15(2,17-3)8-9-18-10-11-19-14-6-4-13(12-16)5-7-14/h4-7H,8-11H2,1-3H3. The summed E-state index contributed by atoms with van der Waals surface area (Å²) in [5.41, 5.74) is 0.485. The Morgan fingerprint density at radius 3 is 2.37 bits per heavy atom. The molecular formula is C15H21NO3. The molecule has 0 atom stereocenters. The largest absolute Gasteiger partial charge is 0.491 e. The lowest BCUT2D eigenvalue weighted by Gasteiger charge is -2.22. The maximum absolute atomic E-state index is 8.67. The lowest BCUT2D eigenvalue weighted by atomic mass is 10.1. The van der Waals surface area contributed by atoms with E-state index >= 15 is 0 Å². The van der Waals surface area contributed by atoms with E-state index in [0.29, 0.717) is 25.4 Å². The molecule has 0 saturated heterocycles. The second-order valence-electron chi connectivity index (χ2n) is 4.81. The van der Waals surface area contributed by atoms with Gasteiger partial charge in [0.25, 0.3) is 0 Å². The quantitative estimate of drug-likeness (QED) is 0.677. The minimum atomic E-state index is -0.145. The molecule has 0 bridgehead atoms. The fourth-order valence-corrected chi connectivity index (χ4v) is 1.37. The first-order valence-electron chi connectivity index (χ1n) is 6.33. The minimum absolute atomic E-state index is 0.145. The van der Waals surface area contributed by atoms with Gasteiger partial charge in [0, 0.05) is 13.7 Å². The fourth-order valence-electron chi connectivity index (χ4n) is 1.37. The van der Waals surface area contributed by atoms with E-state index in [-0.39, 0.29) is 5.60 Å². The van der Waals surface area contributed by atoms with Crippen molar-refractivity contribution in [3.05, 3.63) is 29.8 Å². The zero-order valence-electron chi connectivity index (χ0n) is 11.8. The number of rotatable bonds is 8. The predicted octanol–water partition coefficient (Wildman–Crippen LogP) is 2.77. The van der Waals surface area contributed by atoms with Crippen LogP contribution in [0.5, 0.6) is 5.75 Å². The van der Waals surface area contributed by atoms with Gasteiger partial charge in [-0.15, -0.1) is 0 Å². The monoisotopic (exact) mass is 263 g/mol. The molecule has 0 aromatic heterocycles. The molecule has 19 heavy (non-hydrogen) atoms. The van der Waals surface area contributed by atoms with Gasteiger partial charge in [0.2, 0.25) is 0 Å². The van der Waals surface area contributed by atoms with Crippen molar-refractivity contribution in [3.63, 3.8) is 0 Å². The summed E-state index contributed by atoms with van der Waals surface area (Å²) in [5.74, 6) is 0.750. The smallest absolute Gasteiger partial charge is 0.119 e. The van der Waals surface area contributed by atoms with E-state index in [0.717, 1.165) is 12.2 Å². The van der Waals surface area contributed by atoms with Crippen molar-refractivity contribution in [2.45, 2.75) is 25.9 Å². The van der Waals surface area contributed by atoms with Crippen LogP contribution in [0.25, 0.3) is 0 Å². The van der Waals surface area contributed by atoms with E-state index in [1.54, 1.807) is 31.4 Å². The molecule has 104 valence electrons. The van der Waals surface area contributed by atoms with Gasteiger partial charge in [-0.2, -0.15) is 5.26 Å². The number of hydrogen-bond acceptors (Lipinski definition) is 4. The molecule has 4 heteroatoms. The van der Waals surface area contributed by atoms with Gasteiger partial charge < -0.3 is 14.2 Å². The fraction of sp³-hybridized carbons (Fsp3) is 0.533. The minimum Gasteiger partial charge on any atom is -0.491 e. The van der Waals surface area contributed by atoms with Crippen LogP contribution in [0.4, 0.5) is 0 Å². The summed E-state index contributed by atoms with van der Waals surface area (Å²) in [4.78, 5) is 0. The van der Waals surface area contributed by atoms with E-state index in [1.165, 1.54) is 0 Å². The number of nitriles is 1. The molecular weight excluding hydrogens is 242 g/mol. The van der Waals surface area contributed by atoms with Gasteiger partial charge in [-0.25, -0.2) is 0 Å². The van der Waals surface area contributed by atoms with Crippen molar-refractivity contribution in [3.8, 4) is 11.8 Å². The van der Waals surface area contributed by atoms with Gasteiger partial charge in [0.1, 0.15) is 12.4 Å². The van der Waals surface area contributed by atoms with Crippen LogP contribution in [0.1, 0.15) is 25.8 Å². The van der Waals surface area contributed by atoms with Crippen LogP contribution >= 0.6 is 0 Å². The van der Waals surface area contributed by atoms with Crippen LogP contribution in [-0.2, 0) is 9.47 Å². The molecule has 0 amide bonds. The average Bonchev–Trinajstić information content (AvgIpc) is 2.43. The van der Waals surface area contributed by atoms with Gasteiger partial charge >= 0.3 is 0 Å². The molecule has 0 N–H and O–H groups in total. The topological polar surface area (TPSA) is 51.5 Å². The first kappa shape index (κ1) is 15.5. The maximum Gasteiger partial charge on any atom is 0.119 e. The average molecular weight is 263 g/mol. The normalized spacial score (nSPS) is 11.1. The summed E-state index contributed by atoms with van der Waals surface area (Å²) in [6.07, 6.45) is 0.848. The van der Waals surface area contributed by atoms with Gasteiger partial charge in [0.15, 0.2) is 0 Å². The highest BCUT2D eigenvalue weighted by molar-refractivity contribution is 5.34. The molecule has 0 aliphatic carbocycles. The second kappa shape index (κ2) is 7.78. The van der Waals surface area contributed by atoms with Gasteiger partial charge in [-0.05, 0) is 44.5 Å². The Hall–Kier alpha value is -1.57. The zero-order valence-corrected chi connectivity index (χ0v) is 11.8. The van der Waals surface area contributed by atoms with Crippen LogP contribution in [0.3, 0.4) is 0 Å². The molecule has 0 aliphatic heterocycles. The number of benzene rings is 1. The first-order valence-corrected chi connectivity index (χ1v) is 6.33. The van der Waals surface area contributed by atoms with E-state index < -0.39 is 0 Å². The van der Waals surface area contributed by atoms with Gasteiger partial charge in [-0.1, -0.05) is 0 Å². The van der Waals surface area contributed by atoms with Crippen molar-refractivity contribution in [1.29, 1.82) is 5.26 Å². The Morgan fingerprint density at radius 1 is 1.11 bits per heavy atom. The van der Waals surface area contributed by atoms with Gasteiger partial charge in [-0.3, -0.25) is 0 Å². The summed E-state index contributed by atoms with van der Waals surface area (Å²) in [7, 11) is 1.70. The van der Waals surface area contributed by atoms with Crippen molar-refractivity contribution in [2.75, 3.05) is 26.9 Å². The third-order valence-electron chi connectivity index (χ3n) is 2.88. The SMILES string of the molecule is COC(C)(C)CCOCCOc1ccc(C#N)cc1. The Morgan fingerprint density at radius 2 is 1.79 bits per heavy atom. The Kier molecular flexibility index (Phi) is 6.34. The molecule has 4 nitrogen and oxygen atoms in total. The highest BCUT2D eigenvalue weighted by Crippen LogP contribution is 2.13. The molecule has 0 fully saturated rings. The number of ether oxygens (including phenoxy) is 3. The Balaban J connectivity index is 2.12. The Labute approximate surface area is 114 Å². The maximum atomic E-state index is 8.67. The second-order valence-corrected chi connectivity index (χ2v) is 4.81. The molecule has 0 aliphatic rings. The van der Waals surface area contributed by atoms with Crippen LogP contribution in [-0.4, -0.2) is 32.5 Å². The zero-order chi connectivity index (χ0) is 14.1. The van der Waals surface area contributed by atoms with Crippen LogP contribution in [0.15, 0.2) is 24.3 Å². The molecule has 0 spiro atoms. The number of methoxy groups -OCH3 is 1. The molecule has 1 aromatic carbocycles. The summed E-state index contributed by atoms with van der Waals surface area (Å²) in [6, 6.07) is 9.10. The summed E-state index contributed by atoms with van der Waals surface area (Å²) < 4.78 is 16.3. The Bertz CT molecular complexity index is 406. The summed E-state index contributed by atoms with van der Waals surface area (Å²) in [5, 5.41) is 8.67. The molecule has 0 saturated carbocycles. The third kappa shape index (κ3) is 6.23. The predicted molar refractivity (Wildman–Crippen MR) is 73.2 cm³/mol.